The van der Waals surface area contributed by atoms with Crippen LogP contribution in [0.4, 0.5) is 4.79 Å². The Morgan fingerprint density at radius 1 is 1.06 bits per heavy atom. The first-order valence-electron chi connectivity index (χ1n) is 10.9. The lowest BCUT2D eigenvalue weighted by Crippen LogP contribution is -2.46. The number of fused-ring (bicyclic) bond motifs is 1. The molecule has 3 heterocycles. The van der Waals surface area contributed by atoms with Crippen LogP contribution in [0.3, 0.4) is 0 Å². The van der Waals surface area contributed by atoms with Gasteiger partial charge in [-0.05, 0) is 35.5 Å². The molecule has 0 aliphatic carbocycles. The van der Waals surface area contributed by atoms with Crippen molar-refractivity contribution in [2.24, 2.45) is 0 Å². The Labute approximate surface area is 205 Å². The number of amides is 3. The average Bonchev–Trinajstić information content (AvgIpc) is 3.33. The van der Waals surface area contributed by atoms with Crippen LogP contribution in [0.1, 0.15) is 11.1 Å². The van der Waals surface area contributed by atoms with E-state index in [0.29, 0.717) is 42.8 Å². The first kappa shape index (κ1) is 22.7. The van der Waals surface area contributed by atoms with Crippen molar-refractivity contribution in [2.45, 2.75) is 6.54 Å². The fourth-order valence-corrected chi connectivity index (χ4v) is 5.18. The molecule has 0 N–H and O–H groups in total. The number of benzene rings is 2. The highest BCUT2D eigenvalue weighted by atomic mass is 35.5. The third-order valence-corrected chi connectivity index (χ3v) is 7.21. The van der Waals surface area contributed by atoms with Gasteiger partial charge in [-0.25, -0.2) is 0 Å². The lowest BCUT2D eigenvalue weighted by molar-refractivity contribution is -0.139. The number of hydrogen-bond donors (Lipinski definition) is 0. The Morgan fingerprint density at radius 2 is 1.79 bits per heavy atom. The molecule has 5 rings (SSSR count). The molecule has 2 aromatic carbocycles. The molecule has 9 heteroatoms. The van der Waals surface area contributed by atoms with Crippen molar-refractivity contribution in [3.05, 3.63) is 75.8 Å². The number of imide groups is 1. The molecule has 0 saturated carbocycles. The summed E-state index contributed by atoms with van der Waals surface area (Å²) in [6.07, 6.45) is 3.69. The summed E-state index contributed by atoms with van der Waals surface area (Å²) < 4.78 is 7.34. The van der Waals surface area contributed by atoms with Gasteiger partial charge in [-0.15, -0.1) is 0 Å². The van der Waals surface area contributed by atoms with Crippen molar-refractivity contribution < 1.29 is 19.1 Å². The lowest BCUT2D eigenvalue weighted by Gasteiger charge is -2.28. The van der Waals surface area contributed by atoms with E-state index in [-0.39, 0.29) is 12.5 Å². The van der Waals surface area contributed by atoms with Gasteiger partial charge in [0.15, 0.2) is 0 Å². The number of morpholine rings is 1. The minimum Gasteiger partial charge on any atom is -0.378 e. The van der Waals surface area contributed by atoms with E-state index in [1.807, 2.05) is 54.7 Å². The normalized spacial score (nSPS) is 17.9. The molecule has 0 unspecified atom stereocenters. The molecule has 0 spiro atoms. The fraction of sp³-hybridized carbons (Fsp3) is 0.240. The largest absolute Gasteiger partial charge is 0.378 e. The zero-order valence-electron chi connectivity index (χ0n) is 18.3. The van der Waals surface area contributed by atoms with E-state index in [1.165, 1.54) is 0 Å². The van der Waals surface area contributed by atoms with Gasteiger partial charge in [-0.1, -0.05) is 48.0 Å². The first-order chi connectivity index (χ1) is 16.5. The van der Waals surface area contributed by atoms with Gasteiger partial charge in [0.1, 0.15) is 6.54 Å². The van der Waals surface area contributed by atoms with Gasteiger partial charge in [0, 0.05) is 47.3 Å². The van der Waals surface area contributed by atoms with E-state index >= 15 is 0 Å². The smallest absolute Gasteiger partial charge is 0.294 e. The molecule has 0 bridgehead atoms. The van der Waals surface area contributed by atoms with Gasteiger partial charge < -0.3 is 14.2 Å². The van der Waals surface area contributed by atoms with Crippen LogP contribution in [0.25, 0.3) is 17.0 Å². The van der Waals surface area contributed by atoms with Crippen molar-refractivity contribution in [2.75, 3.05) is 32.8 Å². The Bertz CT molecular complexity index is 1310. The van der Waals surface area contributed by atoms with E-state index in [0.717, 1.165) is 38.7 Å². The van der Waals surface area contributed by atoms with Crippen LogP contribution >= 0.6 is 23.4 Å². The maximum atomic E-state index is 13.0. The molecule has 0 radical (unpaired) electrons. The maximum absolute atomic E-state index is 13.0. The third kappa shape index (κ3) is 4.49. The molecule has 3 aromatic rings. The van der Waals surface area contributed by atoms with E-state index < -0.39 is 11.1 Å². The molecule has 174 valence electrons. The Kier molecular flexibility index (Phi) is 6.45. The molecular formula is C25H22ClN3O4S. The molecule has 2 saturated heterocycles. The Balaban J connectivity index is 1.41. The molecule has 34 heavy (non-hydrogen) atoms. The summed E-state index contributed by atoms with van der Waals surface area (Å²) >= 11 is 7.23. The second-order valence-electron chi connectivity index (χ2n) is 8.08. The minimum absolute atomic E-state index is 0.247. The Hall–Kier alpha value is -3.07. The van der Waals surface area contributed by atoms with Crippen LogP contribution in [0.15, 0.2) is 59.6 Å². The number of halogens is 1. The van der Waals surface area contributed by atoms with Gasteiger partial charge in [-0.2, -0.15) is 0 Å². The topological polar surface area (TPSA) is 71.9 Å². The number of nitrogens with zero attached hydrogens (tertiary/aromatic N) is 3. The molecule has 1 aromatic heterocycles. The number of carbonyl (C=O) groups is 3. The van der Waals surface area contributed by atoms with Crippen molar-refractivity contribution >= 4 is 57.4 Å². The number of hydrogen-bond acceptors (Lipinski definition) is 5. The predicted octanol–water partition coefficient (Wildman–Crippen LogP) is 4.24. The second kappa shape index (κ2) is 9.66. The highest BCUT2D eigenvalue weighted by Crippen LogP contribution is 2.34. The van der Waals surface area contributed by atoms with Crippen LogP contribution < -0.4 is 0 Å². The van der Waals surface area contributed by atoms with Gasteiger partial charge in [0.2, 0.25) is 5.91 Å². The van der Waals surface area contributed by atoms with Crippen LogP contribution in [0.5, 0.6) is 0 Å². The van der Waals surface area contributed by atoms with Crippen LogP contribution in [-0.2, 0) is 20.9 Å². The van der Waals surface area contributed by atoms with E-state index in [4.69, 9.17) is 16.3 Å². The zero-order chi connectivity index (χ0) is 23.7. The molecule has 2 fully saturated rings. The molecule has 2 aliphatic heterocycles. The summed E-state index contributed by atoms with van der Waals surface area (Å²) in [6, 6.07) is 15.6. The van der Waals surface area contributed by atoms with Crippen LogP contribution in [0.2, 0.25) is 5.02 Å². The van der Waals surface area contributed by atoms with Crippen molar-refractivity contribution in [3.63, 3.8) is 0 Å². The molecule has 7 nitrogen and oxygen atoms in total. The average molecular weight is 496 g/mol. The Morgan fingerprint density at radius 3 is 2.59 bits per heavy atom. The molecular weight excluding hydrogens is 474 g/mol. The van der Waals surface area contributed by atoms with E-state index in [9.17, 15) is 14.4 Å². The number of rotatable bonds is 5. The number of aromatic nitrogens is 1. The molecule has 3 amide bonds. The summed E-state index contributed by atoms with van der Waals surface area (Å²) in [7, 11) is 0. The summed E-state index contributed by atoms with van der Waals surface area (Å²) in [6.45, 7) is 2.18. The predicted molar refractivity (Wildman–Crippen MR) is 133 cm³/mol. The maximum Gasteiger partial charge on any atom is 0.294 e. The second-order valence-corrected chi connectivity index (χ2v) is 9.48. The SMILES string of the molecule is O=C(CN1C(=O)S/C(=C/c2cn(Cc3ccccc3Cl)c3ccccc23)C1=O)N1CCOCC1. The van der Waals surface area contributed by atoms with E-state index in [1.54, 1.807) is 11.0 Å². The number of ether oxygens (including phenoxy) is 1. The summed E-state index contributed by atoms with van der Waals surface area (Å²) in [5.74, 6) is -0.692. The van der Waals surface area contributed by atoms with Gasteiger partial charge in [-0.3, -0.25) is 19.3 Å². The monoisotopic (exact) mass is 495 g/mol. The molecule has 0 atom stereocenters. The number of thioether (sulfide) groups is 1. The quantitative estimate of drug-likeness (QED) is 0.495. The van der Waals surface area contributed by atoms with Gasteiger partial charge >= 0.3 is 0 Å². The van der Waals surface area contributed by atoms with Crippen molar-refractivity contribution in [1.29, 1.82) is 0 Å². The highest BCUT2D eigenvalue weighted by Gasteiger charge is 2.37. The molecule has 2 aliphatic rings. The van der Waals surface area contributed by atoms with Gasteiger partial charge in [0.05, 0.1) is 18.1 Å². The van der Waals surface area contributed by atoms with Crippen LogP contribution in [0, 0.1) is 0 Å². The zero-order valence-corrected chi connectivity index (χ0v) is 19.8. The lowest BCUT2D eigenvalue weighted by atomic mass is 10.1. The number of para-hydroxylation sites is 1. The van der Waals surface area contributed by atoms with Crippen LogP contribution in [-0.4, -0.2) is 64.3 Å². The summed E-state index contributed by atoms with van der Waals surface area (Å²) in [5.41, 5.74) is 2.81. The third-order valence-electron chi connectivity index (χ3n) is 5.94. The number of carbonyl (C=O) groups excluding carboxylic acids is 3. The minimum atomic E-state index is -0.445. The standard InChI is InChI=1S/C25H22ClN3O4S/c26-20-7-3-1-5-17(20)14-28-15-18(19-6-2-4-8-21(19)28)13-22-24(31)29(25(32)34-22)16-23(30)27-9-11-33-12-10-27/h1-8,13,15H,9-12,14,16H2/b22-13+. The first-order valence-corrected chi connectivity index (χ1v) is 12.1. The highest BCUT2D eigenvalue weighted by molar-refractivity contribution is 8.18. The van der Waals surface area contributed by atoms with Gasteiger partial charge in [0.25, 0.3) is 11.1 Å². The fourth-order valence-electron chi connectivity index (χ4n) is 4.16. The summed E-state index contributed by atoms with van der Waals surface area (Å²) in [4.78, 5) is 41.1. The summed E-state index contributed by atoms with van der Waals surface area (Å²) in [5, 5.41) is 1.22. The van der Waals surface area contributed by atoms with Crippen molar-refractivity contribution in [3.8, 4) is 0 Å². The van der Waals surface area contributed by atoms with E-state index in [2.05, 4.69) is 4.57 Å². The van der Waals surface area contributed by atoms with Crippen molar-refractivity contribution in [1.82, 2.24) is 14.4 Å².